The molecule has 1 saturated heterocycles. The molecule has 0 saturated carbocycles. The van der Waals surface area contributed by atoms with Crippen molar-refractivity contribution in [1.29, 1.82) is 0 Å². The molecule has 3 aliphatic heterocycles. The lowest BCUT2D eigenvalue weighted by atomic mass is 9.91. The van der Waals surface area contributed by atoms with Crippen molar-refractivity contribution < 1.29 is 45.9 Å². The lowest BCUT2D eigenvalue weighted by molar-refractivity contribution is -0.134. The molecule has 402 valence electrons. The number of nitrogens with zero attached hydrogens (tertiary/aromatic N) is 7. The molecule has 23 heteroatoms. The van der Waals surface area contributed by atoms with Gasteiger partial charge in [0.15, 0.2) is 32.8 Å². The van der Waals surface area contributed by atoms with Crippen LogP contribution in [0, 0.1) is 24.5 Å². The Morgan fingerprint density at radius 2 is 1.84 bits per heavy atom. The minimum absolute atomic E-state index is 0.0259. The number of amides is 3. The molecule has 4 atom stereocenters. The van der Waals surface area contributed by atoms with E-state index in [1.807, 2.05) is 45.0 Å². The quantitative estimate of drug-likeness (QED) is 0.0676. The number of rotatable bonds is 17. The molecule has 4 N–H and O–H groups in total. The van der Waals surface area contributed by atoms with Crippen LogP contribution in [-0.2, 0) is 44.3 Å². The first-order valence-corrected chi connectivity index (χ1v) is 28.0. The highest BCUT2D eigenvalue weighted by atomic mass is 32.2. The van der Waals surface area contributed by atoms with Crippen LogP contribution in [0.5, 0.6) is 5.88 Å². The zero-order valence-electron chi connectivity index (χ0n) is 43.0. The third-order valence-electron chi connectivity index (χ3n) is 14.4. The van der Waals surface area contributed by atoms with Crippen molar-refractivity contribution in [3.05, 3.63) is 128 Å². The maximum Gasteiger partial charge on any atom is 0.274 e. The summed E-state index contributed by atoms with van der Waals surface area (Å²) >= 11 is 1.54. The van der Waals surface area contributed by atoms with Crippen LogP contribution in [0.4, 0.5) is 20.3 Å². The summed E-state index contributed by atoms with van der Waals surface area (Å²) in [5.41, 5.74) is 5.10. The number of likely N-dealkylation sites (tertiary alicyclic amines) is 1. The number of aliphatic hydroxyl groups excluding tert-OH is 1. The van der Waals surface area contributed by atoms with Gasteiger partial charge in [-0.05, 0) is 78.6 Å². The molecule has 0 spiro atoms. The first-order chi connectivity index (χ1) is 36.7. The molecule has 0 aliphatic carbocycles. The van der Waals surface area contributed by atoms with Gasteiger partial charge in [-0.25, -0.2) is 32.2 Å². The Balaban J connectivity index is 0.783. The third kappa shape index (κ3) is 10.3. The van der Waals surface area contributed by atoms with Gasteiger partial charge in [0.25, 0.3) is 23.3 Å². The Hall–Kier alpha value is -7.63. The molecule has 10 rings (SSSR count). The summed E-state index contributed by atoms with van der Waals surface area (Å²) in [6.45, 7) is 7.84. The summed E-state index contributed by atoms with van der Waals surface area (Å²) < 4.78 is 68.4. The highest BCUT2D eigenvalue weighted by Crippen LogP contribution is 2.45. The summed E-state index contributed by atoms with van der Waals surface area (Å²) in [6, 6.07) is 12.2. The van der Waals surface area contributed by atoms with Crippen LogP contribution in [0.1, 0.15) is 90.9 Å². The lowest BCUT2D eigenvalue weighted by Gasteiger charge is -2.29. The fourth-order valence-electron chi connectivity index (χ4n) is 10.5. The van der Waals surface area contributed by atoms with Crippen LogP contribution in [0.3, 0.4) is 0 Å². The van der Waals surface area contributed by atoms with Crippen molar-refractivity contribution >= 4 is 67.1 Å². The number of hydrogen-bond donors (Lipinski definition) is 4. The van der Waals surface area contributed by atoms with Gasteiger partial charge in [0.2, 0.25) is 5.91 Å². The Kier molecular flexibility index (Phi) is 14.2. The van der Waals surface area contributed by atoms with Crippen molar-refractivity contribution in [2.75, 3.05) is 30.9 Å². The predicted molar refractivity (Wildman–Crippen MR) is 285 cm³/mol. The molecule has 19 nitrogen and oxygen atoms in total. The van der Waals surface area contributed by atoms with Gasteiger partial charge in [-0.15, -0.1) is 11.3 Å². The minimum Gasteiger partial charge on any atom is -0.476 e. The molecule has 7 aromatic rings. The molecule has 8 heterocycles. The van der Waals surface area contributed by atoms with Crippen LogP contribution >= 0.6 is 11.3 Å². The van der Waals surface area contributed by atoms with Gasteiger partial charge >= 0.3 is 0 Å². The Bertz CT molecular complexity index is 3680. The molecule has 2 aromatic carbocycles. The van der Waals surface area contributed by atoms with Crippen molar-refractivity contribution in [2.24, 2.45) is 18.0 Å². The van der Waals surface area contributed by atoms with Crippen molar-refractivity contribution in [1.82, 2.24) is 40.2 Å². The first-order valence-electron chi connectivity index (χ1n) is 25.1. The molecule has 1 fully saturated rings. The fraction of sp³-hybridized carbons (Fsp3) is 0.370. The standard InChI is InChI=1S/C54H56F2N10O9S2/c1-28(2)44(51(69)66-24-35(67)18-41(66)48-61-53(71)54(4,62-48)33-12-10-30(11-13-33)47-29(3)60-27-76-47)42-20-43(63-75-42)74-15-9-7-8-14-57-50(68)36-19-40-37(16-31(36)26-77(6,72)73)38-25-64(5)52(70)46-45(38)32(21-58-46)23-65(40)49-39(56)17-34(55)22-59-49/h10-13,16-17,19-22,25,27-28,35,41,44,58,67H,7-9,14-15,18,23-24,26H2,1-6H3,(H,57,68)(H,61,62,71)/t35-,41?,44-,54+/m1/s1. The van der Waals surface area contributed by atoms with E-state index in [0.717, 1.165) is 28.6 Å². The van der Waals surface area contributed by atoms with E-state index in [9.17, 15) is 37.1 Å². The van der Waals surface area contributed by atoms with Gasteiger partial charge < -0.3 is 44.4 Å². The first kappa shape index (κ1) is 52.8. The molecular weight excluding hydrogens is 1030 g/mol. The molecule has 0 bridgehead atoms. The Morgan fingerprint density at radius 1 is 1.06 bits per heavy atom. The monoisotopic (exact) mass is 1090 g/mol. The number of hydrogen-bond acceptors (Lipinski definition) is 15. The number of carbonyl (C=O) groups is 3. The van der Waals surface area contributed by atoms with E-state index in [1.165, 1.54) is 26.9 Å². The number of carbonyl (C=O) groups excluding carboxylic acids is 3. The largest absolute Gasteiger partial charge is 0.476 e. The normalized spacial score (nSPS) is 18.6. The summed E-state index contributed by atoms with van der Waals surface area (Å²) in [5, 5.41) is 21.3. The number of ether oxygens (including phenoxy) is 1. The predicted octanol–water partition coefficient (Wildman–Crippen LogP) is 6.95. The number of sulfone groups is 1. The number of pyridine rings is 2. The number of thiazole rings is 1. The molecule has 5 aromatic heterocycles. The lowest BCUT2D eigenvalue weighted by Crippen LogP contribution is -2.48. The zero-order chi connectivity index (χ0) is 54.7. The van der Waals surface area contributed by atoms with Crippen molar-refractivity contribution in [2.45, 2.75) is 89.3 Å². The number of fused-ring (bicyclic) bond motifs is 2. The van der Waals surface area contributed by atoms with Crippen LogP contribution in [0.25, 0.3) is 32.5 Å². The van der Waals surface area contributed by atoms with E-state index in [1.54, 1.807) is 48.9 Å². The zero-order valence-corrected chi connectivity index (χ0v) is 44.7. The van der Waals surface area contributed by atoms with Gasteiger partial charge in [0, 0.05) is 79.4 Å². The van der Waals surface area contributed by atoms with Gasteiger partial charge in [0.1, 0.15) is 23.1 Å². The van der Waals surface area contributed by atoms with E-state index in [-0.39, 0.29) is 95.7 Å². The SMILES string of the molecule is Cc1ncsc1-c1ccc([C@]2(C)N=C(C3C[C@@H](O)CN3C(=O)[C@@H](c3cc(OCCCCCNC(=O)c4cc5c(cc4CS(C)(=O)=O)-c4cn(C)c(=O)c6[nH]cc(c46)CN5c4ncc(F)cc4F)no3)C(C)C)NC2=O)cc1. The topological polar surface area (TPSA) is 247 Å². The number of aliphatic imine (C=N–C) groups is 1. The Labute approximate surface area is 445 Å². The highest BCUT2D eigenvalue weighted by Gasteiger charge is 2.48. The van der Waals surface area contributed by atoms with Crippen LogP contribution in [0.2, 0.25) is 0 Å². The van der Waals surface area contributed by atoms with Crippen molar-refractivity contribution in [3.8, 4) is 27.4 Å². The molecule has 3 aliphatic rings. The highest BCUT2D eigenvalue weighted by molar-refractivity contribution is 7.89. The summed E-state index contributed by atoms with van der Waals surface area (Å²) in [5.74, 6) is -4.17. The van der Waals surface area contributed by atoms with E-state index < -0.39 is 56.7 Å². The number of amidine groups is 1. The smallest absolute Gasteiger partial charge is 0.274 e. The number of halogens is 2. The molecule has 0 radical (unpaired) electrons. The number of aromatic nitrogens is 5. The number of aliphatic hydroxyl groups is 1. The second-order valence-corrected chi connectivity index (χ2v) is 23.4. The van der Waals surface area contributed by atoms with Crippen LogP contribution in [-0.4, -0.2) is 105 Å². The summed E-state index contributed by atoms with van der Waals surface area (Å²) in [7, 11) is -2.13. The number of anilines is 2. The molecule has 77 heavy (non-hydrogen) atoms. The Morgan fingerprint density at radius 3 is 2.56 bits per heavy atom. The summed E-state index contributed by atoms with van der Waals surface area (Å²) in [4.78, 5) is 75.7. The maximum atomic E-state index is 15.6. The number of nitrogens with one attached hydrogen (secondary N) is 3. The summed E-state index contributed by atoms with van der Waals surface area (Å²) in [6.07, 6.45) is 6.12. The van der Waals surface area contributed by atoms with Gasteiger partial charge in [-0.1, -0.05) is 38.1 Å². The van der Waals surface area contributed by atoms with Crippen LogP contribution in [0.15, 0.2) is 86.9 Å². The van der Waals surface area contributed by atoms with Crippen molar-refractivity contribution in [3.63, 3.8) is 0 Å². The number of aryl methyl sites for hydroxylation is 2. The molecule has 1 unspecified atom stereocenters. The van der Waals surface area contributed by atoms with Crippen LogP contribution < -0.4 is 25.8 Å². The molecular formula is C54H56F2N10O9S2. The van der Waals surface area contributed by atoms with E-state index >= 15 is 4.39 Å². The number of β-amino-alcohol motifs (C(OH)–C–C–N with tert-alkyl or cyclic N) is 1. The van der Waals surface area contributed by atoms with E-state index in [2.05, 4.69) is 30.7 Å². The van der Waals surface area contributed by atoms with Gasteiger partial charge in [-0.3, -0.25) is 19.2 Å². The maximum absolute atomic E-state index is 15.6. The number of benzene rings is 2. The van der Waals surface area contributed by atoms with Gasteiger partial charge in [-0.2, -0.15) is 0 Å². The minimum atomic E-state index is -3.70. The number of unbranched alkanes of at least 4 members (excludes halogenated alkanes) is 2. The van der Waals surface area contributed by atoms with E-state index in [4.69, 9.17) is 14.3 Å². The fourth-order valence-corrected chi connectivity index (χ4v) is 12.1. The average molecular weight is 1090 g/mol. The van der Waals surface area contributed by atoms with E-state index in [0.29, 0.717) is 58.8 Å². The third-order valence-corrected chi connectivity index (χ3v) is 16.2. The second kappa shape index (κ2) is 20.7. The second-order valence-electron chi connectivity index (χ2n) is 20.4. The molecule has 3 amide bonds. The average Bonchev–Trinajstić information content (AvgIpc) is 4.34. The van der Waals surface area contributed by atoms with Gasteiger partial charge in [0.05, 0.1) is 59.0 Å². The number of H-pyrrole nitrogens is 1. The number of aromatic amines is 1.